The molecule has 2 amide bonds. The number of aromatic nitrogens is 2. The van der Waals surface area contributed by atoms with Crippen molar-refractivity contribution in [2.75, 3.05) is 12.0 Å². The number of hydrogen-bond donors (Lipinski definition) is 1. The van der Waals surface area contributed by atoms with E-state index in [1.54, 1.807) is 7.11 Å². The van der Waals surface area contributed by atoms with Crippen molar-refractivity contribution < 1.29 is 24.2 Å². The van der Waals surface area contributed by atoms with Crippen LogP contribution in [-0.4, -0.2) is 57.1 Å². The van der Waals surface area contributed by atoms with Gasteiger partial charge in [0.05, 0.1) is 41.8 Å². The minimum Gasteiger partial charge on any atom is -0.497 e. The second-order valence-electron chi connectivity index (χ2n) is 13.1. The summed E-state index contributed by atoms with van der Waals surface area (Å²) in [4.78, 5) is 29.9. The fourth-order valence-corrected chi connectivity index (χ4v) is 7.68. The Labute approximate surface area is 269 Å². The van der Waals surface area contributed by atoms with Gasteiger partial charge in [-0.15, -0.1) is 0 Å². The molecule has 1 saturated carbocycles. The van der Waals surface area contributed by atoms with Gasteiger partial charge in [-0.25, -0.2) is 9.48 Å². The maximum atomic E-state index is 14.5. The number of carboxylic acid groups (broad SMARTS) is 1. The average Bonchev–Trinajstić information content (AvgIpc) is 3.52. The summed E-state index contributed by atoms with van der Waals surface area (Å²) in [5.41, 5.74) is 5.95. The number of anilines is 1. The summed E-state index contributed by atoms with van der Waals surface area (Å²) in [5, 5.41) is 14.7. The van der Waals surface area contributed by atoms with E-state index in [2.05, 4.69) is 18.2 Å². The molecule has 1 saturated heterocycles. The monoisotopic (exact) mass is 620 g/mol. The molecule has 1 aromatic heterocycles. The van der Waals surface area contributed by atoms with Crippen LogP contribution < -0.4 is 14.4 Å². The molecule has 1 spiro atoms. The Kier molecular flexibility index (Phi) is 7.50. The third-order valence-electron chi connectivity index (χ3n) is 10.0. The second-order valence-corrected chi connectivity index (χ2v) is 13.1. The zero-order chi connectivity index (χ0) is 32.2. The zero-order valence-corrected chi connectivity index (χ0v) is 26.8. The van der Waals surface area contributed by atoms with Crippen LogP contribution in [0.25, 0.3) is 16.9 Å². The Morgan fingerprint density at radius 3 is 2.30 bits per heavy atom. The number of methoxy groups -OCH3 is 1. The lowest BCUT2D eigenvalue weighted by Crippen LogP contribution is -2.51. The van der Waals surface area contributed by atoms with Crippen molar-refractivity contribution in [1.29, 1.82) is 0 Å². The van der Waals surface area contributed by atoms with Gasteiger partial charge in [0.1, 0.15) is 17.6 Å². The van der Waals surface area contributed by atoms with Gasteiger partial charge in [-0.05, 0) is 87.2 Å². The van der Waals surface area contributed by atoms with E-state index in [0.29, 0.717) is 25.1 Å². The third kappa shape index (κ3) is 4.98. The van der Waals surface area contributed by atoms with E-state index >= 15 is 0 Å². The Morgan fingerprint density at radius 1 is 1.00 bits per heavy atom. The standard InChI is InChI=1S/C37H40N4O5/c1-23-17-32(41(38-23)28-9-6-5-7-10-28)27-20-31-34(33(21-27)46-30-18-24(2)40(36(43)44)25(3)19-30)39(35(42)37(31)15-8-16-37)22-26-11-13-29(45-4)14-12-26/h5-7,9-14,17,20-21,24-25,30H,8,15-16,18-19,22H2,1-4H3,(H,43,44). The number of carbonyl (C=O) groups is 2. The number of piperidine rings is 1. The maximum Gasteiger partial charge on any atom is 0.407 e. The molecule has 2 aliphatic heterocycles. The average molecular weight is 621 g/mol. The molecule has 7 rings (SSSR count). The van der Waals surface area contributed by atoms with E-state index in [-0.39, 0.29) is 24.1 Å². The topological polar surface area (TPSA) is 97.1 Å². The lowest BCUT2D eigenvalue weighted by molar-refractivity contribution is -0.126. The number of benzene rings is 3. The smallest absolute Gasteiger partial charge is 0.407 e. The summed E-state index contributed by atoms with van der Waals surface area (Å²) < 4.78 is 14.3. The summed E-state index contributed by atoms with van der Waals surface area (Å²) >= 11 is 0. The van der Waals surface area contributed by atoms with Crippen LogP contribution in [-0.2, 0) is 16.8 Å². The number of amides is 2. The maximum absolute atomic E-state index is 14.5. The number of para-hydroxylation sites is 1. The van der Waals surface area contributed by atoms with Gasteiger partial charge in [-0.2, -0.15) is 5.10 Å². The molecule has 9 heteroatoms. The van der Waals surface area contributed by atoms with Gasteiger partial charge in [-0.3, -0.25) is 4.79 Å². The predicted molar refractivity (Wildman–Crippen MR) is 176 cm³/mol. The van der Waals surface area contributed by atoms with Crippen molar-refractivity contribution in [2.24, 2.45) is 0 Å². The van der Waals surface area contributed by atoms with Crippen molar-refractivity contribution in [2.45, 2.75) is 83.0 Å². The molecule has 3 heterocycles. The van der Waals surface area contributed by atoms with Crippen molar-refractivity contribution in [3.8, 4) is 28.4 Å². The Bertz CT molecular complexity index is 1770. The lowest BCUT2D eigenvalue weighted by Gasteiger charge is -2.41. The Morgan fingerprint density at radius 2 is 1.70 bits per heavy atom. The summed E-state index contributed by atoms with van der Waals surface area (Å²) in [6.45, 7) is 6.27. The Balaban J connectivity index is 1.36. The van der Waals surface area contributed by atoms with Gasteiger partial charge in [-0.1, -0.05) is 36.8 Å². The first kappa shape index (κ1) is 29.9. The van der Waals surface area contributed by atoms with Crippen molar-refractivity contribution in [3.63, 3.8) is 0 Å². The van der Waals surface area contributed by atoms with E-state index in [1.165, 1.54) is 4.90 Å². The lowest BCUT2D eigenvalue weighted by atomic mass is 9.65. The number of ether oxygens (including phenoxy) is 2. The highest BCUT2D eigenvalue weighted by Crippen LogP contribution is 2.58. The largest absolute Gasteiger partial charge is 0.497 e. The van der Waals surface area contributed by atoms with Gasteiger partial charge < -0.3 is 24.4 Å². The predicted octanol–water partition coefficient (Wildman–Crippen LogP) is 7.12. The molecule has 2 fully saturated rings. The van der Waals surface area contributed by atoms with Crippen LogP contribution in [0, 0.1) is 6.92 Å². The van der Waals surface area contributed by atoms with E-state index in [9.17, 15) is 14.7 Å². The third-order valence-corrected chi connectivity index (χ3v) is 10.0. The van der Waals surface area contributed by atoms with E-state index in [1.807, 2.05) is 85.0 Å². The van der Waals surface area contributed by atoms with E-state index in [0.717, 1.165) is 64.5 Å². The van der Waals surface area contributed by atoms with Crippen LogP contribution in [0.15, 0.2) is 72.8 Å². The molecule has 3 aliphatic rings. The highest BCUT2D eigenvalue weighted by molar-refractivity contribution is 6.10. The number of hydrogen-bond acceptors (Lipinski definition) is 5. The molecule has 2 atom stereocenters. The van der Waals surface area contributed by atoms with Crippen LogP contribution in [0.3, 0.4) is 0 Å². The summed E-state index contributed by atoms with van der Waals surface area (Å²) in [6.07, 6.45) is 2.59. The number of fused-ring (bicyclic) bond motifs is 2. The molecule has 46 heavy (non-hydrogen) atoms. The summed E-state index contributed by atoms with van der Waals surface area (Å²) in [7, 11) is 1.64. The van der Waals surface area contributed by atoms with Crippen LogP contribution in [0.5, 0.6) is 11.5 Å². The molecule has 4 aromatic rings. The molecule has 1 aliphatic carbocycles. The van der Waals surface area contributed by atoms with Gasteiger partial charge in [0.25, 0.3) is 0 Å². The molecular formula is C37H40N4O5. The fourth-order valence-electron chi connectivity index (χ4n) is 7.68. The molecule has 1 N–H and O–H groups in total. The first-order valence-electron chi connectivity index (χ1n) is 16.1. The zero-order valence-electron chi connectivity index (χ0n) is 26.8. The van der Waals surface area contributed by atoms with Crippen LogP contribution in [0.4, 0.5) is 10.5 Å². The van der Waals surface area contributed by atoms with Crippen LogP contribution in [0.1, 0.15) is 62.8 Å². The molecule has 9 nitrogen and oxygen atoms in total. The molecule has 0 radical (unpaired) electrons. The first-order chi connectivity index (χ1) is 22.2. The molecule has 3 aromatic carbocycles. The molecule has 0 bridgehead atoms. The number of nitrogens with zero attached hydrogens (tertiary/aromatic N) is 4. The van der Waals surface area contributed by atoms with Crippen molar-refractivity contribution >= 4 is 17.7 Å². The minimum absolute atomic E-state index is 0.113. The normalized spacial score (nSPS) is 21.7. The Hall–Kier alpha value is -4.79. The van der Waals surface area contributed by atoms with Gasteiger partial charge >= 0.3 is 6.09 Å². The highest BCUT2D eigenvalue weighted by Gasteiger charge is 2.56. The SMILES string of the molecule is COc1ccc(CN2C(=O)C3(CCC3)c3cc(-c4cc(C)nn4-c4ccccc4)cc(OC4CC(C)N(C(=O)O)C(C)C4)c32)cc1. The molecule has 238 valence electrons. The van der Waals surface area contributed by atoms with Gasteiger partial charge in [0.15, 0.2) is 0 Å². The molecular weight excluding hydrogens is 580 g/mol. The van der Waals surface area contributed by atoms with Crippen LogP contribution in [0.2, 0.25) is 0 Å². The number of likely N-dealkylation sites (tertiary alicyclic amines) is 1. The van der Waals surface area contributed by atoms with Crippen molar-refractivity contribution in [1.82, 2.24) is 14.7 Å². The van der Waals surface area contributed by atoms with Crippen molar-refractivity contribution in [3.05, 3.63) is 89.6 Å². The quantitative estimate of drug-likeness (QED) is 0.236. The van der Waals surface area contributed by atoms with Gasteiger partial charge in [0, 0.05) is 30.5 Å². The number of aryl methyl sites for hydroxylation is 1. The van der Waals surface area contributed by atoms with Gasteiger partial charge in [0.2, 0.25) is 5.91 Å². The highest BCUT2D eigenvalue weighted by atomic mass is 16.5. The number of carbonyl (C=O) groups excluding carboxylic acids is 1. The second kappa shape index (κ2) is 11.5. The van der Waals surface area contributed by atoms with Crippen LogP contribution >= 0.6 is 0 Å². The summed E-state index contributed by atoms with van der Waals surface area (Å²) in [5.74, 6) is 1.54. The summed E-state index contributed by atoms with van der Waals surface area (Å²) in [6, 6.07) is 23.8. The first-order valence-corrected chi connectivity index (χ1v) is 16.1. The minimum atomic E-state index is -0.908. The van der Waals surface area contributed by atoms with E-state index < -0.39 is 11.5 Å². The number of rotatable bonds is 7. The van der Waals surface area contributed by atoms with E-state index in [4.69, 9.17) is 14.6 Å². The molecule has 2 unspecified atom stereocenters. The fraction of sp³-hybridized carbons (Fsp3) is 0.378.